The number of ether oxygens (including phenoxy) is 2. The topological polar surface area (TPSA) is 182 Å². The van der Waals surface area contributed by atoms with Crippen molar-refractivity contribution in [2.75, 3.05) is 35.4 Å². The number of hydrogen-bond donors (Lipinski definition) is 1. The maximum Gasteiger partial charge on any atom is 0.374 e. The monoisotopic (exact) mass is 668 g/mol. The van der Waals surface area contributed by atoms with Gasteiger partial charge < -0.3 is 33.2 Å². The Morgan fingerprint density at radius 1 is 1.11 bits per heavy atom. The molecule has 1 aromatic heterocycles. The lowest BCUT2D eigenvalue weighted by Gasteiger charge is -2.19. The molecule has 44 heavy (non-hydrogen) atoms. The van der Waals surface area contributed by atoms with E-state index in [2.05, 4.69) is 5.32 Å². The van der Waals surface area contributed by atoms with E-state index < -0.39 is 31.7 Å². The lowest BCUT2D eigenvalue weighted by atomic mass is 10.1. The summed E-state index contributed by atoms with van der Waals surface area (Å²) in [5, 5.41) is 3.01. The molecule has 13 nitrogen and oxygen atoms in total. The van der Waals surface area contributed by atoms with Gasteiger partial charge in [0, 0.05) is 55.3 Å². The van der Waals surface area contributed by atoms with Crippen LogP contribution in [0.1, 0.15) is 39.0 Å². The van der Waals surface area contributed by atoms with Crippen LogP contribution in [0.3, 0.4) is 0 Å². The number of nitrogens with zero attached hydrogens (tertiary/aromatic N) is 2. The average Bonchev–Trinajstić information content (AvgIpc) is 3.42. The van der Waals surface area contributed by atoms with E-state index in [1.54, 1.807) is 52.0 Å². The van der Waals surface area contributed by atoms with Gasteiger partial charge in [-0.2, -0.15) is 4.57 Å². The van der Waals surface area contributed by atoms with E-state index in [1.165, 1.54) is 14.0 Å². The molecule has 0 saturated heterocycles. The van der Waals surface area contributed by atoms with Crippen molar-refractivity contribution in [3.63, 3.8) is 0 Å². The molecular weight excluding hydrogens is 638 g/mol. The number of oxazole rings is 1. The molecule has 1 aliphatic heterocycles. The second-order valence-corrected chi connectivity index (χ2v) is 13.4. The van der Waals surface area contributed by atoms with Crippen LogP contribution in [0.4, 0.5) is 11.4 Å². The van der Waals surface area contributed by atoms with E-state index in [-0.39, 0.29) is 31.8 Å². The van der Waals surface area contributed by atoms with Crippen molar-refractivity contribution in [2.24, 2.45) is 0 Å². The normalized spacial score (nSPS) is 14.6. The Balaban J connectivity index is 1.76. The largest absolute Gasteiger partial charge is 0.748 e. The van der Waals surface area contributed by atoms with Crippen molar-refractivity contribution < 1.29 is 49.2 Å². The summed E-state index contributed by atoms with van der Waals surface area (Å²) in [4.78, 5) is 13.3. The van der Waals surface area contributed by atoms with Crippen LogP contribution in [0.2, 0.25) is 5.02 Å². The molecule has 1 N–H and O–H groups in total. The van der Waals surface area contributed by atoms with E-state index >= 15 is 0 Å². The number of allylic oxidation sites excluding steroid dienone is 2. The number of amides is 1. The summed E-state index contributed by atoms with van der Waals surface area (Å²) in [7, 11) is -7.41. The van der Waals surface area contributed by atoms with Crippen LogP contribution in [0.25, 0.3) is 17.2 Å². The number of carbonyl (C=O) groups is 1. The first-order valence-electron chi connectivity index (χ1n) is 13.5. The number of fused-ring (bicyclic) bond motifs is 2. The first-order valence-corrected chi connectivity index (χ1v) is 17.1. The van der Waals surface area contributed by atoms with Gasteiger partial charge in [-0.15, -0.1) is 0 Å². The van der Waals surface area contributed by atoms with Gasteiger partial charge in [0.25, 0.3) is 5.52 Å². The SMILES string of the molecule is CCC(=Cc1oc2cc(OC)c(Cl)cc2[n+]1CCCS(=O)(=O)[O-])C=C1Oc2ccc(NC(C)=O)cc2N1CCCS(=O)(=O)[O-]. The standard InChI is InChI=1S/C28H32ClN3O10S2/c1-4-19(14-28-32(10-6-12-44(37,38)39)23-16-21(29)25(40-3)17-26(23)42-28)13-27-31(9-5-11-43(34,35)36)22-15-20(30-18(2)33)7-8-24(22)41-27/h7-8,13-17H,4-6,9-12H2,1-3H3,(H2-,30,33,34,35,36,37,38,39)/p-1. The van der Waals surface area contributed by atoms with Crippen LogP contribution in [0, 0.1) is 0 Å². The Labute approximate surface area is 260 Å². The quantitative estimate of drug-likeness (QED) is 0.207. The molecule has 0 aliphatic carbocycles. The highest BCUT2D eigenvalue weighted by molar-refractivity contribution is 7.85. The van der Waals surface area contributed by atoms with Gasteiger partial charge in [0.05, 0.1) is 44.1 Å². The molecule has 0 radical (unpaired) electrons. The van der Waals surface area contributed by atoms with Crippen LogP contribution >= 0.6 is 11.6 Å². The van der Waals surface area contributed by atoms with Gasteiger partial charge >= 0.3 is 5.89 Å². The molecule has 0 bridgehead atoms. The molecule has 0 spiro atoms. The molecule has 0 saturated carbocycles. The zero-order valence-electron chi connectivity index (χ0n) is 24.2. The van der Waals surface area contributed by atoms with Gasteiger partial charge in [-0.25, -0.2) is 16.8 Å². The number of benzene rings is 2. The molecule has 0 atom stereocenters. The summed E-state index contributed by atoms with van der Waals surface area (Å²) in [5.41, 5.74) is 2.76. The Kier molecular flexibility index (Phi) is 10.3. The van der Waals surface area contributed by atoms with E-state index in [0.717, 1.165) is 0 Å². The smallest absolute Gasteiger partial charge is 0.374 e. The molecule has 2 aromatic carbocycles. The number of hydrogen-bond acceptors (Lipinski definition) is 11. The predicted molar refractivity (Wildman–Crippen MR) is 161 cm³/mol. The van der Waals surface area contributed by atoms with Crippen molar-refractivity contribution in [1.82, 2.24) is 0 Å². The van der Waals surface area contributed by atoms with Crippen molar-refractivity contribution >= 4 is 66.3 Å². The summed E-state index contributed by atoms with van der Waals surface area (Å²) in [5.74, 6) is 0.121. The predicted octanol–water partition coefficient (Wildman–Crippen LogP) is 3.75. The third-order valence-corrected chi connectivity index (χ3v) is 8.51. The first kappa shape index (κ1) is 33.3. The summed E-state index contributed by atoms with van der Waals surface area (Å²) in [6, 6.07) is 8.25. The van der Waals surface area contributed by atoms with E-state index in [0.29, 0.717) is 62.8 Å². The van der Waals surface area contributed by atoms with E-state index in [9.17, 15) is 30.7 Å². The van der Waals surface area contributed by atoms with Crippen LogP contribution in [-0.4, -0.2) is 57.0 Å². The Morgan fingerprint density at radius 3 is 2.45 bits per heavy atom. The summed E-state index contributed by atoms with van der Waals surface area (Å²) >= 11 is 6.35. The number of methoxy groups -OCH3 is 1. The fourth-order valence-corrected chi connectivity index (χ4v) is 5.88. The van der Waals surface area contributed by atoms with Crippen molar-refractivity contribution in [2.45, 2.75) is 39.7 Å². The molecule has 238 valence electrons. The van der Waals surface area contributed by atoms with Crippen LogP contribution in [-0.2, 0) is 31.6 Å². The Hall–Kier alpha value is -3.63. The van der Waals surface area contributed by atoms with Gasteiger partial charge in [-0.1, -0.05) is 18.5 Å². The second-order valence-electron chi connectivity index (χ2n) is 9.95. The second kappa shape index (κ2) is 13.6. The van der Waals surface area contributed by atoms with Gasteiger partial charge in [0.15, 0.2) is 12.3 Å². The van der Waals surface area contributed by atoms with Crippen LogP contribution in [0.5, 0.6) is 11.5 Å². The number of rotatable bonds is 13. The van der Waals surface area contributed by atoms with Crippen LogP contribution < -0.4 is 24.3 Å². The minimum Gasteiger partial charge on any atom is -0.748 e. The summed E-state index contributed by atoms with van der Waals surface area (Å²) in [6.45, 7) is 3.54. The molecule has 0 unspecified atom stereocenters. The van der Waals surface area contributed by atoms with Crippen molar-refractivity contribution in [3.8, 4) is 11.5 Å². The third-order valence-electron chi connectivity index (χ3n) is 6.63. The number of aryl methyl sites for hydroxylation is 1. The van der Waals surface area contributed by atoms with E-state index in [1.807, 2.05) is 6.92 Å². The highest BCUT2D eigenvalue weighted by Crippen LogP contribution is 2.41. The third kappa shape index (κ3) is 8.51. The Bertz CT molecular complexity index is 1850. The zero-order valence-corrected chi connectivity index (χ0v) is 26.6. The maximum atomic E-state index is 11.6. The lowest BCUT2D eigenvalue weighted by Crippen LogP contribution is -2.36. The molecule has 4 rings (SSSR count). The van der Waals surface area contributed by atoms with Gasteiger partial charge in [-0.05, 0) is 36.6 Å². The van der Waals surface area contributed by atoms with Crippen molar-refractivity contribution in [3.05, 3.63) is 58.8 Å². The first-order chi connectivity index (χ1) is 20.7. The molecule has 16 heteroatoms. The molecule has 2 heterocycles. The fraction of sp³-hybridized carbons (Fsp3) is 0.357. The molecular formula is C28H31ClN3O10S2-. The number of anilines is 2. The minimum atomic E-state index is -4.44. The van der Waals surface area contributed by atoms with Gasteiger partial charge in [-0.3, -0.25) is 4.79 Å². The van der Waals surface area contributed by atoms with Gasteiger partial charge in [0.1, 0.15) is 5.75 Å². The highest BCUT2D eigenvalue weighted by atomic mass is 35.5. The van der Waals surface area contributed by atoms with E-state index in [4.69, 9.17) is 25.5 Å². The maximum absolute atomic E-state index is 11.6. The summed E-state index contributed by atoms with van der Waals surface area (Å²) < 4.78 is 86.8. The zero-order chi connectivity index (χ0) is 32.2. The highest BCUT2D eigenvalue weighted by Gasteiger charge is 2.28. The number of nitrogens with one attached hydrogen (secondary N) is 1. The number of carbonyl (C=O) groups excluding carboxylic acids is 1. The molecule has 1 amide bonds. The summed E-state index contributed by atoms with van der Waals surface area (Å²) in [6.07, 6.45) is 4.00. The Morgan fingerprint density at radius 2 is 1.82 bits per heavy atom. The van der Waals surface area contributed by atoms with Crippen molar-refractivity contribution in [1.29, 1.82) is 0 Å². The lowest BCUT2D eigenvalue weighted by molar-refractivity contribution is -0.677. The molecule has 1 aliphatic rings. The van der Waals surface area contributed by atoms with Gasteiger partial charge in [0.2, 0.25) is 17.4 Å². The van der Waals surface area contributed by atoms with Crippen LogP contribution in [0.15, 0.2) is 52.3 Å². The fourth-order valence-electron chi connectivity index (χ4n) is 4.68. The molecule has 0 fully saturated rings. The number of aromatic nitrogens is 1. The molecule has 3 aromatic rings. The minimum absolute atomic E-state index is 0.0241. The average molecular weight is 669 g/mol. The number of halogens is 1.